The lowest BCUT2D eigenvalue weighted by Gasteiger charge is -2.15. The zero-order chi connectivity index (χ0) is 21.1. The number of pyridine rings is 1. The number of carbonyl (C=O) groups excluding carboxylic acids is 2. The molecule has 4 rings (SSSR count). The molecule has 0 atom stereocenters. The van der Waals surface area contributed by atoms with Crippen LogP contribution in [0.5, 0.6) is 0 Å². The van der Waals surface area contributed by atoms with Crippen LogP contribution in [0.2, 0.25) is 4.34 Å². The first-order valence-corrected chi connectivity index (χ1v) is 10.1. The van der Waals surface area contributed by atoms with E-state index in [0.717, 1.165) is 17.0 Å². The molecular formula is C21H20ClN5O3S. The Balaban J connectivity index is 0.00000272. The Morgan fingerprint density at radius 2 is 1.87 bits per heavy atom. The van der Waals surface area contributed by atoms with Gasteiger partial charge in [0.15, 0.2) is 0 Å². The van der Waals surface area contributed by atoms with Crippen LogP contribution in [0.3, 0.4) is 0 Å². The fourth-order valence-electron chi connectivity index (χ4n) is 2.89. The lowest BCUT2D eigenvalue weighted by molar-refractivity contribution is 0.102. The number of rotatable bonds is 5. The minimum Gasteiger partial charge on any atom is -0.463 e. The van der Waals surface area contributed by atoms with Crippen molar-refractivity contribution in [2.24, 2.45) is 0 Å². The first kappa shape index (κ1) is 22.3. The monoisotopic (exact) mass is 457 g/mol. The fourth-order valence-corrected chi connectivity index (χ4v) is 3.83. The maximum Gasteiger partial charge on any atom is 0.289 e. The van der Waals surface area contributed by atoms with Crippen molar-refractivity contribution in [2.75, 3.05) is 28.7 Å². The zero-order valence-corrected chi connectivity index (χ0v) is 17.1. The van der Waals surface area contributed by atoms with Crippen LogP contribution in [-0.4, -0.2) is 36.0 Å². The van der Waals surface area contributed by atoms with Gasteiger partial charge in [0, 0.05) is 17.6 Å². The average molecular weight is 458 g/mol. The van der Waals surface area contributed by atoms with E-state index in [-0.39, 0.29) is 30.8 Å². The van der Waals surface area contributed by atoms with E-state index in [4.69, 9.17) is 21.7 Å². The van der Waals surface area contributed by atoms with E-state index in [0.29, 0.717) is 33.7 Å². The quantitative estimate of drug-likeness (QED) is 0.514. The van der Waals surface area contributed by atoms with Gasteiger partial charge in [0.25, 0.3) is 17.8 Å². The number of anilines is 3. The van der Waals surface area contributed by atoms with E-state index in [2.05, 4.69) is 15.6 Å². The van der Waals surface area contributed by atoms with Crippen LogP contribution >= 0.6 is 22.9 Å². The van der Waals surface area contributed by atoms with Gasteiger partial charge >= 0.3 is 0 Å². The van der Waals surface area contributed by atoms with Crippen LogP contribution in [-0.2, 0) is 4.74 Å². The maximum atomic E-state index is 12.8. The molecule has 8 nitrogen and oxygen atoms in total. The van der Waals surface area contributed by atoms with Gasteiger partial charge in [-0.2, -0.15) is 0 Å². The second-order valence-electron chi connectivity index (χ2n) is 6.29. The molecule has 1 saturated heterocycles. The Hall–Kier alpha value is -3.43. The van der Waals surface area contributed by atoms with Gasteiger partial charge in [-0.05, 0) is 42.5 Å². The van der Waals surface area contributed by atoms with Gasteiger partial charge in [-0.1, -0.05) is 19.0 Å². The molecule has 10 heteroatoms. The highest BCUT2D eigenvalue weighted by Gasteiger charge is 2.20. The summed E-state index contributed by atoms with van der Waals surface area (Å²) < 4.78 is 5.65. The fraction of sp³-hybridized carbons (Fsp3) is 0.143. The molecule has 0 aliphatic carbocycles. The average Bonchev–Trinajstić information content (AvgIpc) is 3.37. The molecule has 1 aliphatic heterocycles. The number of amidine groups is 1. The van der Waals surface area contributed by atoms with Crippen molar-refractivity contribution in [1.29, 1.82) is 5.41 Å². The summed E-state index contributed by atoms with van der Waals surface area (Å²) in [6.45, 7) is 1.09. The molecule has 31 heavy (non-hydrogen) atoms. The summed E-state index contributed by atoms with van der Waals surface area (Å²) in [6.07, 6.45) is 2.90. The number of amides is 2. The minimum atomic E-state index is -0.387. The molecule has 0 radical (unpaired) electrons. The minimum absolute atomic E-state index is 0. The van der Waals surface area contributed by atoms with Crippen molar-refractivity contribution in [3.8, 4) is 0 Å². The molecule has 1 aliphatic rings. The van der Waals surface area contributed by atoms with Gasteiger partial charge in [0.1, 0.15) is 6.61 Å². The molecule has 2 amide bonds. The SMILES string of the molecule is C.N=C1OCCN1c1ccc(NC(=O)c2ccncc2NC(=O)c2ccc(Cl)s2)cc1. The molecule has 3 N–H and O–H groups in total. The normalized spacial score (nSPS) is 12.7. The largest absolute Gasteiger partial charge is 0.463 e. The lowest BCUT2D eigenvalue weighted by atomic mass is 10.2. The number of benzene rings is 1. The van der Waals surface area contributed by atoms with E-state index in [1.807, 2.05) is 0 Å². The van der Waals surface area contributed by atoms with E-state index >= 15 is 0 Å². The van der Waals surface area contributed by atoms with Gasteiger partial charge in [-0.25, -0.2) is 0 Å². The van der Waals surface area contributed by atoms with Gasteiger partial charge < -0.3 is 15.4 Å². The molecule has 0 unspecified atom stereocenters. The maximum absolute atomic E-state index is 12.8. The smallest absolute Gasteiger partial charge is 0.289 e. The number of thiophene rings is 1. The summed E-state index contributed by atoms with van der Waals surface area (Å²) >= 11 is 7.03. The third-order valence-corrected chi connectivity index (χ3v) is 5.58. The number of nitrogens with one attached hydrogen (secondary N) is 3. The molecule has 0 bridgehead atoms. The summed E-state index contributed by atoms with van der Waals surface area (Å²) in [6, 6.07) is 12.0. The Morgan fingerprint density at radius 3 is 2.52 bits per heavy atom. The molecular weight excluding hydrogens is 438 g/mol. The molecule has 1 fully saturated rings. The van der Waals surface area contributed by atoms with Crippen LogP contribution in [0.25, 0.3) is 0 Å². The van der Waals surface area contributed by atoms with Gasteiger partial charge in [0.05, 0.1) is 33.2 Å². The highest BCUT2D eigenvalue weighted by molar-refractivity contribution is 7.18. The first-order chi connectivity index (χ1) is 14.5. The van der Waals surface area contributed by atoms with Gasteiger partial charge in [0.2, 0.25) is 0 Å². The Labute approximate surface area is 188 Å². The predicted octanol–water partition coefficient (Wildman–Crippen LogP) is 4.71. The molecule has 1 aromatic carbocycles. The topological polar surface area (TPSA) is 107 Å². The first-order valence-electron chi connectivity index (χ1n) is 8.92. The van der Waals surface area contributed by atoms with Crippen molar-refractivity contribution in [2.45, 2.75) is 7.43 Å². The number of hydrogen-bond acceptors (Lipinski definition) is 6. The summed E-state index contributed by atoms with van der Waals surface area (Å²) in [7, 11) is 0. The van der Waals surface area contributed by atoms with Crippen LogP contribution in [0, 0.1) is 5.41 Å². The number of hydrogen-bond donors (Lipinski definition) is 3. The molecule has 3 aromatic rings. The van der Waals surface area contributed by atoms with E-state index < -0.39 is 0 Å². The van der Waals surface area contributed by atoms with E-state index in [1.165, 1.54) is 18.5 Å². The number of halogens is 1. The molecule has 0 spiro atoms. The van der Waals surface area contributed by atoms with Crippen LogP contribution < -0.4 is 15.5 Å². The number of ether oxygens (including phenoxy) is 1. The Kier molecular flexibility index (Phi) is 6.88. The predicted molar refractivity (Wildman–Crippen MR) is 124 cm³/mol. The van der Waals surface area contributed by atoms with Gasteiger partial charge in [-0.3, -0.25) is 24.9 Å². The Morgan fingerprint density at radius 1 is 1.10 bits per heavy atom. The lowest BCUT2D eigenvalue weighted by Crippen LogP contribution is -2.23. The van der Waals surface area contributed by atoms with Crippen LogP contribution in [0.1, 0.15) is 27.5 Å². The zero-order valence-electron chi connectivity index (χ0n) is 15.5. The van der Waals surface area contributed by atoms with Crippen molar-refractivity contribution in [3.05, 3.63) is 69.6 Å². The summed E-state index contributed by atoms with van der Waals surface area (Å²) in [5, 5.41) is 13.3. The number of aromatic nitrogens is 1. The molecule has 160 valence electrons. The summed E-state index contributed by atoms with van der Waals surface area (Å²) in [5.74, 6) is -0.754. The van der Waals surface area contributed by atoms with Crippen molar-refractivity contribution >= 4 is 57.8 Å². The third kappa shape index (κ3) is 5.01. The second-order valence-corrected chi connectivity index (χ2v) is 8.00. The van der Waals surface area contributed by atoms with Crippen molar-refractivity contribution in [1.82, 2.24) is 4.98 Å². The van der Waals surface area contributed by atoms with Crippen LogP contribution in [0.15, 0.2) is 54.9 Å². The third-order valence-electron chi connectivity index (χ3n) is 4.35. The number of nitrogens with zero attached hydrogens (tertiary/aromatic N) is 2. The standard InChI is InChI=1S/C20H16ClN5O3S.CH4/c21-17-6-5-16(30-17)19(28)25-15-11-23-8-7-14(15)18(27)24-12-1-3-13(4-2-12)26-9-10-29-20(26)22;/h1-8,11,22H,9-10H2,(H,24,27)(H,25,28);1H4. The molecule has 0 saturated carbocycles. The van der Waals surface area contributed by atoms with Crippen LogP contribution in [0.4, 0.5) is 17.1 Å². The van der Waals surface area contributed by atoms with Crippen molar-refractivity contribution < 1.29 is 14.3 Å². The Bertz CT molecular complexity index is 1120. The van der Waals surface area contributed by atoms with E-state index in [1.54, 1.807) is 41.3 Å². The highest BCUT2D eigenvalue weighted by Crippen LogP contribution is 2.24. The molecule has 2 aromatic heterocycles. The van der Waals surface area contributed by atoms with E-state index in [9.17, 15) is 9.59 Å². The van der Waals surface area contributed by atoms with Gasteiger partial charge in [-0.15, -0.1) is 11.3 Å². The summed E-state index contributed by atoms with van der Waals surface area (Å²) in [5.41, 5.74) is 1.96. The second kappa shape index (κ2) is 9.59. The number of carbonyl (C=O) groups is 2. The molecule has 3 heterocycles. The summed E-state index contributed by atoms with van der Waals surface area (Å²) in [4.78, 5) is 31.3. The van der Waals surface area contributed by atoms with Crippen molar-refractivity contribution in [3.63, 3.8) is 0 Å². The highest BCUT2D eigenvalue weighted by atomic mass is 35.5.